The summed E-state index contributed by atoms with van der Waals surface area (Å²) in [6.07, 6.45) is -1.86. The summed E-state index contributed by atoms with van der Waals surface area (Å²) in [4.78, 5) is 38.8. The summed E-state index contributed by atoms with van der Waals surface area (Å²) < 4.78 is 81.2. The van der Waals surface area contributed by atoms with Crippen LogP contribution in [0.4, 0.5) is 8.78 Å². The number of halogens is 2. The normalized spacial score (nSPS) is 27.1. The zero-order chi connectivity index (χ0) is 26.8. The summed E-state index contributed by atoms with van der Waals surface area (Å²) in [6, 6.07) is -0.0835. The van der Waals surface area contributed by atoms with Gasteiger partial charge in [0, 0.05) is 34.5 Å². The van der Waals surface area contributed by atoms with Crippen molar-refractivity contribution < 1.29 is 66.0 Å². The van der Waals surface area contributed by atoms with Gasteiger partial charge in [-0.25, -0.2) is 8.78 Å². The molecule has 2 aliphatic heterocycles. The van der Waals surface area contributed by atoms with Crippen LogP contribution in [0.5, 0.6) is 5.75 Å². The van der Waals surface area contributed by atoms with E-state index in [1.54, 1.807) is 0 Å². The predicted octanol–water partition coefficient (Wildman–Crippen LogP) is -2.28. The molecule has 4 rings (SSSR count). The SMILES string of the molecule is [2H]C1([2H])[C@@H]2OCC[C@@]([2H])(C([2H])([2H])[2H])N2C(=O)c2c([O-])c(=O)c(C(=O)NCc3ccc(F)cc3F)cn21.[Na+]. The molecular weight excluding hydrogens is 423 g/mol. The molecule has 0 radical (unpaired) electrons. The smallest absolute Gasteiger partial charge is 0.868 e. The third kappa shape index (κ3) is 4.25. The van der Waals surface area contributed by atoms with Crippen LogP contribution in [0.15, 0.2) is 29.2 Å². The number of ether oxygens (including phenoxy) is 1. The molecule has 0 spiro atoms. The van der Waals surface area contributed by atoms with E-state index in [2.05, 4.69) is 5.32 Å². The van der Waals surface area contributed by atoms with Crippen LogP contribution in [0.1, 0.15) is 47.9 Å². The Morgan fingerprint density at radius 3 is 2.94 bits per heavy atom. The van der Waals surface area contributed by atoms with E-state index in [1.807, 2.05) is 0 Å². The summed E-state index contributed by atoms with van der Waals surface area (Å²) in [6.45, 7) is -6.88. The topological polar surface area (TPSA) is 104 Å². The molecule has 1 aromatic carbocycles. The minimum Gasteiger partial charge on any atom is -0.868 e. The van der Waals surface area contributed by atoms with Gasteiger partial charge in [0.1, 0.15) is 22.9 Å². The number of pyridine rings is 1. The summed E-state index contributed by atoms with van der Waals surface area (Å²) >= 11 is 0. The van der Waals surface area contributed by atoms with Crippen molar-refractivity contribution in [3.05, 3.63) is 63.1 Å². The number of aromatic nitrogens is 1. The first-order valence-corrected chi connectivity index (χ1v) is 8.76. The van der Waals surface area contributed by atoms with Crippen LogP contribution in [-0.4, -0.2) is 40.1 Å². The van der Waals surface area contributed by atoms with E-state index in [0.29, 0.717) is 21.7 Å². The number of nitrogens with zero attached hydrogens (tertiary/aromatic N) is 2. The summed E-state index contributed by atoms with van der Waals surface area (Å²) in [5, 5.41) is 15.0. The molecule has 2 amide bonds. The minimum atomic E-state index is -3.11. The summed E-state index contributed by atoms with van der Waals surface area (Å²) in [5.74, 6) is -6.05. The Morgan fingerprint density at radius 1 is 1.45 bits per heavy atom. The molecule has 3 heterocycles. The molecule has 1 N–H and O–H groups in total. The van der Waals surface area contributed by atoms with Crippen molar-refractivity contribution in [1.29, 1.82) is 0 Å². The predicted molar refractivity (Wildman–Crippen MR) is 97.7 cm³/mol. The van der Waals surface area contributed by atoms with Gasteiger partial charge < -0.3 is 24.6 Å². The molecule has 158 valence electrons. The Morgan fingerprint density at radius 2 is 2.23 bits per heavy atom. The van der Waals surface area contributed by atoms with E-state index in [9.17, 15) is 28.3 Å². The molecule has 0 aliphatic carbocycles. The Bertz CT molecular complexity index is 1340. The molecular formula is C20H18F2N3NaO5. The van der Waals surface area contributed by atoms with Gasteiger partial charge in [0.15, 0.2) is 11.7 Å². The molecule has 0 bridgehead atoms. The first kappa shape index (κ1) is 16.4. The number of benzene rings is 1. The maximum atomic E-state index is 13.9. The number of carbonyl (C=O) groups is 2. The van der Waals surface area contributed by atoms with E-state index >= 15 is 0 Å². The molecule has 1 aromatic heterocycles. The number of nitrogens with one attached hydrogen (secondary N) is 1. The van der Waals surface area contributed by atoms with E-state index in [-0.39, 0.29) is 35.1 Å². The van der Waals surface area contributed by atoms with Crippen LogP contribution in [0.3, 0.4) is 0 Å². The molecule has 0 saturated carbocycles. The van der Waals surface area contributed by atoms with Gasteiger partial charge in [-0.1, -0.05) is 6.07 Å². The van der Waals surface area contributed by atoms with Gasteiger partial charge >= 0.3 is 29.6 Å². The summed E-state index contributed by atoms with van der Waals surface area (Å²) in [5.41, 5.74) is -3.59. The Balaban J connectivity index is 0.00000380. The van der Waals surface area contributed by atoms with E-state index < -0.39 is 91.1 Å². The maximum absolute atomic E-state index is 13.9. The van der Waals surface area contributed by atoms with Crippen LogP contribution in [0.2, 0.25) is 0 Å². The third-order valence-corrected chi connectivity index (χ3v) is 4.67. The Hall–Kier alpha value is -2.27. The number of hydrogen-bond donors (Lipinski definition) is 1. The second kappa shape index (κ2) is 9.07. The zero-order valence-corrected chi connectivity index (χ0v) is 18.2. The molecule has 0 unspecified atom stereocenters. The third-order valence-electron chi connectivity index (χ3n) is 4.67. The van der Waals surface area contributed by atoms with Crippen LogP contribution < -0.4 is 45.4 Å². The average Bonchev–Trinajstić information content (AvgIpc) is 2.77. The molecule has 2 atom stereocenters. The standard InChI is InChI=1S/C20H19F2N3O5.Na/c1-10-4-5-30-15-9-24-8-13(17(26)18(27)16(24)20(29)25(10)15)19(28)23-7-11-2-3-12(21)6-14(11)22;/h2-3,6,8,10,15,27H,4-5,7,9H2,1H3,(H,23,28);/q;+1/p-1/t10-,15+;/m1./s1/i1D3,9D2,10D;. The second-order valence-electron chi connectivity index (χ2n) is 6.56. The van der Waals surface area contributed by atoms with Crippen molar-refractivity contribution in [2.75, 3.05) is 6.61 Å². The molecule has 11 heteroatoms. The van der Waals surface area contributed by atoms with Gasteiger partial charge in [-0.2, -0.15) is 0 Å². The average molecular weight is 447 g/mol. The van der Waals surface area contributed by atoms with Gasteiger partial charge in [-0.05, 0) is 25.1 Å². The van der Waals surface area contributed by atoms with Crippen molar-refractivity contribution in [2.24, 2.45) is 0 Å². The van der Waals surface area contributed by atoms with Crippen molar-refractivity contribution in [2.45, 2.75) is 38.6 Å². The van der Waals surface area contributed by atoms with E-state index in [1.165, 1.54) is 0 Å². The maximum Gasteiger partial charge on any atom is 1.00 e. The van der Waals surface area contributed by atoms with Crippen LogP contribution in [0.25, 0.3) is 0 Å². The molecule has 2 aliphatic rings. The van der Waals surface area contributed by atoms with Crippen LogP contribution >= 0.6 is 0 Å². The van der Waals surface area contributed by atoms with Gasteiger partial charge in [-0.15, -0.1) is 0 Å². The van der Waals surface area contributed by atoms with Crippen molar-refractivity contribution in [3.63, 3.8) is 0 Å². The zero-order valence-electron chi connectivity index (χ0n) is 22.2. The van der Waals surface area contributed by atoms with E-state index in [4.69, 9.17) is 13.0 Å². The van der Waals surface area contributed by atoms with Crippen LogP contribution in [0, 0.1) is 11.6 Å². The first-order chi connectivity index (χ1) is 16.6. The number of amides is 2. The summed E-state index contributed by atoms with van der Waals surface area (Å²) in [7, 11) is 0. The monoisotopic (exact) mass is 447 g/mol. The minimum absolute atomic E-state index is 0. The quantitative estimate of drug-likeness (QED) is 0.535. The van der Waals surface area contributed by atoms with Gasteiger partial charge in [0.25, 0.3) is 11.8 Å². The van der Waals surface area contributed by atoms with Crippen LogP contribution in [-0.2, 0) is 17.8 Å². The number of rotatable bonds is 3. The van der Waals surface area contributed by atoms with Gasteiger partial charge in [-0.3, -0.25) is 14.4 Å². The molecule has 8 nitrogen and oxygen atoms in total. The van der Waals surface area contributed by atoms with Gasteiger partial charge in [0.05, 0.1) is 17.2 Å². The largest absolute Gasteiger partial charge is 1.00 e. The fourth-order valence-electron chi connectivity index (χ4n) is 3.15. The molecule has 1 fully saturated rings. The molecule has 1 saturated heterocycles. The molecule has 2 aromatic rings. The first-order valence-electron chi connectivity index (χ1n) is 11.8. The molecule has 31 heavy (non-hydrogen) atoms. The van der Waals surface area contributed by atoms with Crippen molar-refractivity contribution in [3.8, 4) is 5.75 Å². The van der Waals surface area contributed by atoms with Crippen molar-refractivity contribution >= 4 is 11.8 Å². The second-order valence-corrected chi connectivity index (χ2v) is 6.56. The Kier molecular flexibility index (Phi) is 4.79. The fourth-order valence-corrected chi connectivity index (χ4v) is 3.15. The fraction of sp³-hybridized carbons (Fsp3) is 0.350. The van der Waals surface area contributed by atoms with Gasteiger partial charge in [0.2, 0.25) is 0 Å². The number of hydrogen-bond acceptors (Lipinski definition) is 5. The van der Waals surface area contributed by atoms with Crippen molar-refractivity contribution in [1.82, 2.24) is 14.8 Å². The number of carbonyl (C=O) groups excluding carboxylic acids is 2. The van der Waals surface area contributed by atoms with E-state index in [0.717, 1.165) is 12.1 Å². The number of fused-ring (bicyclic) bond motifs is 2. The Labute approximate surface area is 206 Å².